The van der Waals surface area contributed by atoms with E-state index in [1.807, 2.05) is 4.90 Å². The summed E-state index contributed by atoms with van der Waals surface area (Å²) in [5, 5.41) is 19.0. The van der Waals surface area contributed by atoms with Crippen LogP contribution in [0, 0.1) is 5.41 Å². The van der Waals surface area contributed by atoms with E-state index < -0.39 is 0 Å². The molecule has 2 N–H and O–H groups in total. The summed E-state index contributed by atoms with van der Waals surface area (Å²) in [6.07, 6.45) is 3.40. The van der Waals surface area contributed by atoms with Crippen molar-refractivity contribution in [2.24, 2.45) is 5.41 Å². The second-order valence-corrected chi connectivity index (χ2v) is 6.57. The van der Waals surface area contributed by atoms with Crippen LogP contribution in [-0.2, 0) is 4.74 Å². The normalized spacial score (nSPS) is 27.6. The molecule has 1 saturated heterocycles. The van der Waals surface area contributed by atoms with Crippen molar-refractivity contribution < 1.29 is 19.7 Å². The Balaban J connectivity index is 1.60. The van der Waals surface area contributed by atoms with Gasteiger partial charge in [-0.15, -0.1) is 0 Å². The van der Waals surface area contributed by atoms with E-state index in [1.165, 1.54) is 11.5 Å². The first-order valence-corrected chi connectivity index (χ1v) is 8.05. The molecule has 1 aromatic rings. The maximum absolute atomic E-state index is 12.3. The number of hydrogen-bond acceptors (Lipinski definition) is 6. The van der Waals surface area contributed by atoms with E-state index in [-0.39, 0.29) is 30.1 Å². The molecule has 0 aromatic carbocycles. The number of hydrogen-bond donors (Lipinski definition) is 2. The van der Waals surface area contributed by atoms with E-state index in [1.54, 1.807) is 12.3 Å². The van der Waals surface area contributed by atoms with Crippen LogP contribution in [0.3, 0.4) is 0 Å². The average Bonchev–Trinajstić information content (AvgIpc) is 3.05. The third-order valence-corrected chi connectivity index (χ3v) is 5.52. The Morgan fingerprint density at radius 2 is 2.29 bits per heavy atom. The fourth-order valence-electron chi connectivity index (χ4n) is 3.42. The molecule has 2 aliphatic rings. The summed E-state index contributed by atoms with van der Waals surface area (Å²) in [4.78, 5) is 14.8. The monoisotopic (exact) mass is 312 g/mol. The Hall–Kier alpha value is -1.02. The van der Waals surface area contributed by atoms with Crippen LogP contribution < -0.4 is 0 Å². The van der Waals surface area contributed by atoms with Gasteiger partial charge >= 0.3 is 0 Å². The zero-order chi connectivity index (χ0) is 14.9. The van der Waals surface area contributed by atoms with E-state index in [0.29, 0.717) is 31.0 Å². The van der Waals surface area contributed by atoms with E-state index in [9.17, 15) is 9.90 Å². The molecular weight excluding hydrogens is 292 g/mol. The van der Waals surface area contributed by atoms with Crippen molar-refractivity contribution >= 4 is 17.4 Å². The largest absolute Gasteiger partial charge is 0.394 e. The summed E-state index contributed by atoms with van der Waals surface area (Å²) < 4.78 is 9.60. The van der Waals surface area contributed by atoms with Gasteiger partial charge in [-0.2, -0.15) is 0 Å². The lowest BCUT2D eigenvalue weighted by atomic mass is 9.58. The number of rotatable bonds is 4. The first-order valence-electron chi connectivity index (χ1n) is 7.28. The minimum Gasteiger partial charge on any atom is -0.394 e. The van der Waals surface area contributed by atoms with Crippen LogP contribution in [-0.4, -0.2) is 63.9 Å². The molecule has 21 heavy (non-hydrogen) atoms. The standard InChI is InChI=1S/C14H20N2O4S/c17-7-8-20-12-9-11(18)14(12)2-5-16(6-3-14)13(19)10-1-4-15-21-10/h1,4,11-12,17-18H,2-3,5-9H2/t11-,12+/m1/s1. The smallest absolute Gasteiger partial charge is 0.265 e. The zero-order valence-electron chi connectivity index (χ0n) is 11.8. The highest BCUT2D eigenvalue weighted by Crippen LogP contribution is 2.51. The molecular formula is C14H20N2O4S. The molecule has 0 radical (unpaired) electrons. The number of piperidine rings is 1. The average molecular weight is 312 g/mol. The molecule has 2 heterocycles. The van der Waals surface area contributed by atoms with Gasteiger partial charge < -0.3 is 19.8 Å². The van der Waals surface area contributed by atoms with Crippen molar-refractivity contribution in [3.63, 3.8) is 0 Å². The molecule has 1 saturated carbocycles. The van der Waals surface area contributed by atoms with E-state index in [0.717, 1.165) is 12.8 Å². The summed E-state index contributed by atoms with van der Waals surface area (Å²) in [6.45, 7) is 1.57. The predicted molar refractivity (Wildman–Crippen MR) is 77.1 cm³/mol. The summed E-state index contributed by atoms with van der Waals surface area (Å²) >= 11 is 1.21. The van der Waals surface area contributed by atoms with Gasteiger partial charge in [-0.3, -0.25) is 4.79 Å². The van der Waals surface area contributed by atoms with Gasteiger partial charge in [-0.05, 0) is 30.4 Å². The highest BCUT2D eigenvalue weighted by molar-refractivity contribution is 7.08. The SMILES string of the molecule is O=C(c1ccns1)N1CCC2(CC1)[C@H](O)C[C@@H]2OCCO. The highest BCUT2D eigenvalue weighted by atomic mass is 32.1. The van der Waals surface area contributed by atoms with Crippen LogP contribution in [0.5, 0.6) is 0 Å². The molecule has 7 heteroatoms. The summed E-state index contributed by atoms with van der Waals surface area (Å²) in [6, 6.07) is 1.74. The second-order valence-electron chi connectivity index (χ2n) is 5.74. The Kier molecular flexibility index (Phi) is 4.26. The minimum atomic E-state index is -0.359. The Labute approximate surface area is 127 Å². The lowest BCUT2D eigenvalue weighted by Gasteiger charge is -2.56. The number of aliphatic hydroxyl groups is 2. The first kappa shape index (κ1) is 14.9. The topological polar surface area (TPSA) is 82.9 Å². The quantitative estimate of drug-likeness (QED) is 0.846. The molecule has 1 spiro atoms. The second kappa shape index (κ2) is 6.00. The minimum absolute atomic E-state index is 0.000284. The van der Waals surface area contributed by atoms with Gasteiger partial charge in [0, 0.05) is 31.1 Å². The fourth-order valence-corrected chi connectivity index (χ4v) is 3.98. The summed E-state index contributed by atoms with van der Waals surface area (Å²) in [5.41, 5.74) is -0.236. The zero-order valence-corrected chi connectivity index (χ0v) is 12.6. The van der Waals surface area contributed by atoms with Crippen molar-refractivity contribution in [1.29, 1.82) is 0 Å². The molecule has 116 valence electrons. The lowest BCUT2D eigenvalue weighted by Crippen LogP contribution is -2.62. The summed E-state index contributed by atoms with van der Waals surface area (Å²) in [5.74, 6) is 0.0222. The van der Waals surface area contributed by atoms with Crippen LogP contribution in [0.1, 0.15) is 28.9 Å². The van der Waals surface area contributed by atoms with Gasteiger partial charge in [-0.1, -0.05) is 0 Å². The van der Waals surface area contributed by atoms with Gasteiger partial charge in [0.25, 0.3) is 5.91 Å². The number of carbonyl (C=O) groups is 1. The van der Waals surface area contributed by atoms with Crippen molar-refractivity contribution in [3.8, 4) is 0 Å². The number of carbonyl (C=O) groups excluding carboxylic acids is 1. The van der Waals surface area contributed by atoms with Crippen LogP contribution in [0.2, 0.25) is 0 Å². The van der Waals surface area contributed by atoms with Gasteiger partial charge in [0.2, 0.25) is 0 Å². The van der Waals surface area contributed by atoms with E-state index >= 15 is 0 Å². The molecule has 2 atom stereocenters. The molecule has 0 bridgehead atoms. The number of aromatic nitrogens is 1. The third kappa shape index (κ3) is 2.59. The molecule has 2 fully saturated rings. The van der Waals surface area contributed by atoms with E-state index in [2.05, 4.69) is 4.37 Å². The molecule has 1 aliphatic heterocycles. The molecule has 3 rings (SSSR count). The number of aliphatic hydroxyl groups excluding tert-OH is 2. The van der Waals surface area contributed by atoms with Crippen molar-refractivity contribution in [1.82, 2.24) is 9.27 Å². The van der Waals surface area contributed by atoms with Crippen LogP contribution in [0.25, 0.3) is 0 Å². The van der Waals surface area contributed by atoms with Crippen molar-refractivity contribution in [2.75, 3.05) is 26.3 Å². The summed E-state index contributed by atoms with van der Waals surface area (Å²) in [7, 11) is 0. The number of amides is 1. The number of nitrogens with zero attached hydrogens (tertiary/aromatic N) is 2. The van der Waals surface area contributed by atoms with E-state index in [4.69, 9.17) is 9.84 Å². The Morgan fingerprint density at radius 3 is 2.86 bits per heavy atom. The predicted octanol–water partition coefficient (Wildman–Crippen LogP) is 0.508. The maximum atomic E-state index is 12.3. The number of ether oxygens (including phenoxy) is 1. The van der Waals surface area contributed by atoms with Gasteiger partial charge in [0.1, 0.15) is 4.88 Å². The lowest BCUT2D eigenvalue weighted by molar-refractivity contribution is -0.211. The van der Waals surface area contributed by atoms with Crippen LogP contribution in [0.4, 0.5) is 0 Å². The Bertz CT molecular complexity index is 485. The number of likely N-dealkylation sites (tertiary alicyclic amines) is 1. The van der Waals surface area contributed by atoms with Crippen molar-refractivity contribution in [2.45, 2.75) is 31.5 Å². The Morgan fingerprint density at radius 1 is 1.52 bits per heavy atom. The highest BCUT2D eigenvalue weighted by Gasteiger charge is 2.56. The van der Waals surface area contributed by atoms with Crippen LogP contribution >= 0.6 is 11.5 Å². The van der Waals surface area contributed by atoms with Gasteiger partial charge in [0.15, 0.2) is 0 Å². The molecule has 1 amide bonds. The van der Waals surface area contributed by atoms with Crippen molar-refractivity contribution in [3.05, 3.63) is 17.1 Å². The van der Waals surface area contributed by atoms with Crippen LogP contribution in [0.15, 0.2) is 12.3 Å². The third-order valence-electron chi connectivity index (χ3n) is 4.78. The molecule has 1 aliphatic carbocycles. The van der Waals surface area contributed by atoms with Gasteiger partial charge in [0.05, 0.1) is 25.4 Å². The van der Waals surface area contributed by atoms with Gasteiger partial charge in [-0.25, -0.2) is 4.37 Å². The molecule has 6 nitrogen and oxygen atoms in total. The molecule has 0 unspecified atom stereocenters. The molecule has 1 aromatic heterocycles. The first-order chi connectivity index (χ1) is 10.2. The maximum Gasteiger partial charge on any atom is 0.265 e. The fraction of sp³-hybridized carbons (Fsp3) is 0.714.